The molecule has 1 aliphatic rings. The van der Waals surface area contributed by atoms with Crippen LogP contribution in [0.4, 0.5) is 0 Å². The molecule has 0 saturated heterocycles. The van der Waals surface area contributed by atoms with E-state index in [0.29, 0.717) is 12.3 Å². The maximum Gasteiger partial charge on any atom is 0.234 e. The Morgan fingerprint density at radius 2 is 2.05 bits per heavy atom. The molecule has 1 aromatic carbocycles. The van der Waals surface area contributed by atoms with E-state index in [-0.39, 0.29) is 11.9 Å². The van der Waals surface area contributed by atoms with Gasteiger partial charge in [-0.15, -0.1) is 0 Å². The fourth-order valence-electron chi connectivity index (χ4n) is 2.10. The summed E-state index contributed by atoms with van der Waals surface area (Å²) >= 11 is 0. The van der Waals surface area contributed by atoms with Crippen LogP contribution in [0.25, 0.3) is 0 Å². The minimum atomic E-state index is -0.951. The summed E-state index contributed by atoms with van der Waals surface area (Å²) in [5, 5.41) is 6.13. The van der Waals surface area contributed by atoms with E-state index in [1.165, 1.54) is 12.8 Å². The van der Waals surface area contributed by atoms with Gasteiger partial charge in [-0.25, -0.2) is 0 Å². The first-order chi connectivity index (χ1) is 9.65. The van der Waals surface area contributed by atoms with Crippen LogP contribution in [0.5, 0.6) is 0 Å². The highest BCUT2D eigenvalue weighted by molar-refractivity contribution is 7.84. The Morgan fingerprint density at radius 3 is 2.65 bits per heavy atom. The van der Waals surface area contributed by atoms with Crippen molar-refractivity contribution in [3.05, 3.63) is 35.9 Å². The van der Waals surface area contributed by atoms with Crippen molar-refractivity contribution in [1.29, 1.82) is 0 Å². The first-order valence-corrected chi connectivity index (χ1v) is 8.73. The Labute approximate surface area is 122 Å². The van der Waals surface area contributed by atoms with Gasteiger partial charge in [0.1, 0.15) is 0 Å². The Morgan fingerprint density at radius 1 is 1.35 bits per heavy atom. The van der Waals surface area contributed by atoms with Crippen LogP contribution >= 0.6 is 0 Å². The summed E-state index contributed by atoms with van der Waals surface area (Å²) in [6, 6.07) is 9.52. The Balaban J connectivity index is 1.85. The number of rotatable bonds is 8. The second kappa shape index (κ2) is 7.55. The summed E-state index contributed by atoms with van der Waals surface area (Å²) in [5.74, 6) is 1.17. The minimum Gasteiger partial charge on any atom is -0.347 e. The third kappa shape index (κ3) is 5.43. The largest absolute Gasteiger partial charge is 0.347 e. The zero-order valence-corrected chi connectivity index (χ0v) is 12.6. The van der Waals surface area contributed by atoms with E-state index in [1.54, 1.807) is 6.26 Å². The van der Waals surface area contributed by atoms with Crippen molar-refractivity contribution >= 4 is 16.7 Å². The van der Waals surface area contributed by atoms with E-state index in [0.717, 1.165) is 18.0 Å². The van der Waals surface area contributed by atoms with Gasteiger partial charge in [-0.05, 0) is 30.9 Å². The second-order valence-corrected chi connectivity index (χ2v) is 6.82. The molecule has 0 heterocycles. The average molecular weight is 294 g/mol. The van der Waals surface area contributed by atoms with Crippen molar-refractivity contribution in [1.82, 2.24) is 10.6 Å². The topological polar surface area (TPSA) is 58.2 Å². The van der Waals surface area contributed by atoms with Crippen LogP contribution < -0.4 is 10.6 Å². The molecule has 1 saturated carbocycles. The molecule has 1 fully saturated rings. The molecule has 0 aliphatic heterocycles. The first kappa shape index (κ1) is 15.2. The summed E-state index contributed by atoms with van der Waals surface area (Å²) in [4.78, 5) is 11.9. The fraction of sp³-hybridized carbons (Fsp3) is 0.533. The molecule has 4 nitrogen and oxygen atoms in total. The number of carbonyl (C=O) groups is 1. The lowest BCUT2D eigenvalue weighted by molar-refractivity contribution is -0.120. The molecular formula is C15H22N2O2S. The van der Waals surface area contributed by atoms with Gasteiger partial charge in [0.15, 0.2) is 0 Å². The summed E-state index contributed by atoms with van der Waals surface area (Å²) in [7, 11) is -0.951. The van der Waals surface area contributed by atoms with Crippen molar-refractivity contribution in [2.45, 2.75) is 18.9 Å². The maximum absolute atomic E-state index is 11.9. The summed E-state index contributed by atoms with van der Waals surface area (Å²) in [6.07, 6.45) is 4.21. The Hall–Kier alpha value is -1.20. The molecule has 20 heavy (non-hydrogen) atoms. The number of amides is 1. The lowest BCUT2D eigenvalue weighted by atomic mass is 10.1. The molecule has 2 unspecified atom stereocenters. The third-order valence-corrected chi connectivity index (χ3v) is 4.16. The van der Waals surface area contributed by atoms with Crippen LogP contribution in [0.2, 0.25) is 0 Å². The van der Waals surface area contributed by atoms with Gasteiger partial charge in [-0.1, -0.05) is 30.3 Å². The normalized spacial score (nSPS) is 17.4. The van der Waals surface area contributed by atoms with Gasteiger partial charge in [0.05, 0.1) is 12.6 Å². The molecule has 2 atom stereocenters. The van der Waals surface area contributed by atoms with Crippen molar-refractivity contribution in [2.75, 3.05) is 25.1 Å². The minimum absolute atomic E-state index is 0.0371. The lowest BCUT2D eigenvalue weighted by Gasteiger charge is -2.18. The quantitative estimate of drug-likeness (QED) is 0.758. The summed E-state index contributed by atoms with van der Waals surface area (Å²) in [6.45, 7) is 1.25. The van der Waals surface area contributed by atoms with E-state index in [9.17, 15) is 9.00 Å². The number of carbonyl (C=O) groups excluding carboxylic acids is 1. The van der Waals surface area contributed by atoms with E-state index in [4.69, 9.17) is 0 Å². The van der Waals surface area contributed by atoms with Gasteiger partial charge < -0.3 is 10.6 Å². The van der Waals surface area contributed by atoms with E-state index in [2.05, 4.69) is 10.6 Å². The monoisotopic (exact) mass is 294 g/mol. The SMILES string of the molecule is CS(=O)CC(NC(=O)CNCC1CC1)c1ccccc1. The highest BCUT2D eigenvalue weighted by Crippen LogP contribution is 2.27. The van der Waals surface area contributed by atoms with Crippen LogP contribution in [-0.2, 0) is 15.6 Å². The maximum atomic E-state index is 11.9. The molecule has 1 amide bonds. The number of hydrogen-bond acceptors (Lipinski definition) is 3. The zero-order chi connectivity index (χ0) is 14.4. The molecule has 0 radical (unpaired) electrons. The predicted octanol–water partition coefficient (Wildman–Crippen LogP) is 1.22. The Kier molecular flexibility index (Phi) is 5.73. The van der Waals surface area contributed by atoms with Gasteiger partial charge in [-0.3, -0.25) is 9.00 Å². The molecule has 2 rings (SSSR count). The van der Waals surface area contributed by atoms with Crippen LogP contribution in [0.3, 0.4) is 0 Å². The molecule has 0 bridgehead atoms. The van der Waals surface area contributed by atoms with E-state index >= 15 is 0 Å². The third-order valence-electron chi connectivity index (χ3n) is 3.35. The molecular weight excluding hydrogens is 272 g/mol. The van der Waals surface area contributed by atoms with Gasteiger partial charge in [0.25, 0.3) is 0 Å². The van der Waals surface area contributed by atoms with Crippen LogP contribution in [0, 0.1) is 5.92 Å². The lowest BCUT2D eigenvalue weighted by Crippen LogP contribution is -2.38. The van der Waals surface area contributed by atoms with Crippen molar-refractivity contribution in [3.8, 4) is 0 Å². The van der Waals surface area contributed by atoms with Crippen molar-refractivity contribution in [3.63, 3.8) is 0 Å². The van der Waals surface area contributed by atoms with Crippen molar-refractivity contribution < 1.29 is 9.00 Å². The zero-order valence-electron chi connectivity index (χ0n) is 11.8. The average Bonchev–Trinajstić information content (AvgIpc) is 3.23. The standard InChI is InChI=1S/C15H22N2O2S/c1-20(19)11-14(13-5-3-2-4-6-13)17-15(18)10-16-9-12-7-8-12/h2-6,12,14,16H,7-11H2,1H3,(H,17,18). The van der Waals surface area contributed by atoms with Crippen LogP contribution in [0.15, 0.2) is 30.3 Å². The van der Waals surface area contributed by atoms with Gasteiger partial charge in [0.2, 0.25) is 5.91 Å². The molecule has 1 aromatic rings. The number of hydrogen-bond donors (Lipinski definition) is 2. The molecule has 5 heteroatoms. The smallest absolute Gasteiger partial charge is 0.234 e. The fourth-order valence-corrected chi connectivity index (χ4v) is 2.84. The van der Waals surface area contributed by atoms with Crippen LogP contribution in [0.1, 0.15) is 24.4 Å². The molecule has 1 aliphatic carbocycles. The predicted molar refractivity (Wildman–Crippen MR) is 81.9 cm³/mol. The summed E-state index contributed by atoms with van der Waals surface area (Å²) < 4.78 is 11.5. The van der Waals surface area contributed by atoms with E-state index < -0.39 is 10.8 Å². The number of benzene rings is 1. The Bertz CT molecular complexity index is 460. The summed E-state index contributed by atoms with van der Waals surface area (Å²) in [5.41, 5.74) is 0.998. The second-order valence-electron chi connectivity index (χ2n) is 5.34. The molecule has 110 valence electrons. The van der Waals surface area contributed by atoms with Gasteiger partial charge in [0, 0.05) is 22.8 Å². The van der Waals surface area contributed by atoms with Crippen LogP contribution in [-0.4, -0.2) is 35.2 Å². The van der Waals surface area contributed by atoms with E-state index in [1.807, 2.05) is 30.3 Å². The molecule has 2 N–H and O–H groups in total. The van der Waals surface area contributed by atoms with Crippen molar-refractivity contribution in [2.24, 2.45) is 5.92 Å². The molecule has 0 spiro atoms. The first-order valence-electron chi connectivity index (χ1n) is 7.00. The van der Waals surface area contributed by atoms with Gasteiger partial charge in [-0.2, -0.15) is 0 Å². The van der Waals surface area contributed by atoms with Gasteiger partial charge >= 0.3 is 0 Å². The number of nitrogens with one attached hydrogen (secondary N) is 2. The molecule has 0 aromatic heterocycles. The highest BCUT2D eigenvalue weighted by atomic mass is 32.2. The highest BCUT2D eigenvalue weighted by Gasteiger charge is 2.21.